The molecule has 28 heavy (non-hydrogen) atoms. The molecule has 1 saturated heterocycles. The van der Waals surface area contributed by atoms with Gasteiger partial charge in [-0.2, -0.15) is 4.99 Å². The molecule has 1 aromatic rings. The summed E-state index contributed by atoms with van der Waals surface area (Å²) in [6.07, 6.45) is 1.73. The fourth-order valence-electron chi connectivity index (χ4n) is 2.88. The standard InChI is InChI=1S/C19H31N7O2/c1-19(2,3)28-18(27)26-10-4-5-15(12-26)23-11-13-6-8-14(9-7-13)24-17(22)25-16(20)21/h6-9,15,23H,4-5,10-12H2,1-3H3,(H6,20,21,22,24,25). The number of carbonyl (C=O) groups is 1. The molecule has 1 atom stereocenters. The number of nitrogens with one attached hydrogen (secondary N) is 1. The number of hydrogen-bond acceptors (Lipinski definition) is 4. The molecule has 1 aliphatic rings. The number of rotatable bonds is 4. The minimum absolute atomic E-state index is 0.00955. The highest BCUT2D eigenvalue weighted by Gasteiger charge is 2.27. The fraction of sp³-hybridized carbons (Fsp3) is 0.526. The van der Waals surface area contributed by atoms with Gasteiger partial charge in [0.15, 0.2) is 5.96 Å². The van der Waals surface area contributed by atoms with E-state index >= 15 is 0 Å². The monoisotopic (exact) mass is 389 g/mol. The molecule has 1 amide bonds. The molecule has 1 aliphatic heterocycles. The van der Waals surface area contributed by atoms with Crippen LogP contribution in [-0.4, -0.2) is 47.6 Å². The van der Waals surface area contributed by atoms with E-state index in [1.165, 1.54) is 0 Å². The number of nitrogens with zero attached hydrogens (tertiary/aromatic N) is 3. The van der Waals surface area contributed by atoms with Crippen molar-refractivity contribution in [3.63, 3.8) is 0 Å². The predicted molar refractivity (Wildman–Crippen MR) is 111 cm³/mol. The van der Waals surface area contributed by atoms with Gasteiger partial charge in [-0.05, 0) is 51.3 Å². The molecule has 9 heteroatoms. The van der Waals surface area contributed by atoms with Gasteiger partial charge < -0.3 is 32.2 Å². The molecule has 1 heterocycles. The van der Waals surface area contributed by atoms with E-state index in [-0.39, 0.29) is 24.1 Å². The Morgan fingerprint density at radius 2 is 1.93 bits per heavy atom. The molecule has 9 nitrogen and oxygen atoms in total. The Bertz CT molecular complexity index is 719. The number of nitrogens with two attached hydrogens (primary N) is 3. The van der Waals surface area contributed by atoms with Crippen molar-refractivity contribution in [2.75, 3.05) is 13.1 Å². The number of hydrogen-bond donors (Lipinski definition) is 4. The van der Waals surface area contributed by atoms with Crippen molar-refractivity contribution in [1.82, 2.24) is 10.2 Å². The van der Waals surface area contributed by atoms with Gasteiger partial charge in [0.25, 0.3) is 0 Å². The molecule has 154 valence electrons. The van der Waals surface area contributed by atoms with Crippen molar-refractivity contribution in [1.29, 1.82) is 0 Å². The van der Waals surface area contributed by atoms with Gasteiger partial charge in [-0.25, -0.2) is 9.79 Å². The van der Waals surface area contributed by atoms with Gasteiger partial charge in [-0.3, -0.25) is 0 Å². The van der Waals surface area contributed by atoms with Crippen molar-refractivity contribution in [3.8, 4) is 0 Å². The Morgan fingerprint density at radius 1 is 1.25 bits per heavy atom. The van der Waals surface area contributed by atoms with E-state index in [0.717, 1.165) is 24.9 Å². The average molecular weight is 390 g/mol. The molecular weight excluding hydrogens is 358 g/mol. The Balaban J connectivity index is 1.86. The van der Waals surface area contributed by atoms with Gasteiger partial charge in [-0.15, -0.1) is 0 Å². The topological polar surface area (TPSA) is 144 Å². The Labute approximate surface area is 166 Å². The summed E-state index contributed by atoms with van der Waals surface area (Å²) < 4.78 is 5.47. The van der Waals surface area contributed by atoms with Gasteiger partial charge >= 0.3 is 6.09 Å². The first-order valence-electron chi connectivity index (χ1n) is 9.36. The second-order valence-electron chi connectivity index (χ2n) is 7.82. The number of carbonyl (C=O) groups excluding carboxylic acids is 1. The zero-order chi connectivity index (χ0) is 20.7. The minimum atomic E-state index is -0.480. The van der Waals surface area contributed by atoms with Crippen LogP contribution in [-0.2, 0) is 11.3 Å². The lowest BCUT2D eigenvalue weighted by molar-refractivity contribution is 0.0187. The maximum absolute atomic E-state index is 12.3. The first kappa shape index (κ1) is 21.5. The molecule has 7 N–H and O–H groups in total. The Morgan fingerprint density at radius 3 is 2.54 bits per heavy atom. The van der Waals surface area contributed by atoms with Crippen molar-refractivity contribution in [3.05, 3.63) is 29.8 Å². The summed E-state index contributed by atoms with van der Waals surface area (Å²) in [5, 5.41) is 3.51. The van der Waals surface area contributed by atoms with Gasteiger partial charge in [0.2, 0.25) is 5.96 Å². The average Bonchev–Trinajstić information content (AvgIpc) is 2.59. The molecule has 1 unspecified atom stereocenters. The number of amides is 1. The van der Waals surface area contributed by atoms with Gasteiger partial charge in [-0.1, -0.05) is 12.1 Å². The summed E-state index contributed by atoms with van der Waals surface area (Å²) in [7, 11) is 0. The molecule has 0 aliphatic carbocycles. The number of piperidine rings is 1. The van der Waals surface area contributed by atoms with Crippen LogP contribution in [0.1, 0.15) is 39.2 Å². The second-order valence-corrected chi connectivity index (χ2v) is 7.82. The summed E-state index contributed by atoms with van der Waals surface area (Å²) in [6.45, 7) is 7.71. The van der Waals surface area contributed by atoms with E-state index < -0.39 is 5.60 Å². The molecule has 1 aromatic carbocycles. The maximum atomic E-state index is 12.3. The van der Waals surface area contributed by atoms with Crippen molar-refractivity contribution < 1.29 is 9.53 Å². The number of guanidine groups is 2. The number of aliphatic imine (C=N–C) groups is 2. The van der Waals surface area contributed by atoms with E-state index in [0.29, 0.717) is 18.8 Å². The summed E-state index contributed by atoms with van der Waals surface area (Å²) in [6, 6.07) is 7.85. The van der Waals surface area contributed by atoms with Gasteiger partial charge in [0.05, 0.1) is 5.69 Å². The van der Waals surface area contributed by atoms with Gasteiger partial charge in [0, 0.05) is 25.7 Å². The van der Waals surface area contributed by atoms with E-state index in [9.17, 15) is 4.79 Å². The van der Waals surface area contributed by atoms with Crippen LogP contribution in [0.25, 0.3) is 0 Å². The predicted octanol–water partition coefficient (Wildman–Crippen LogP) is 1.40. The molecule has 0 radical (unpaired) electrons. The van der Waals surface area contributed by atoms with Crippen LogP contribution < -0.4 is 22.5 Å². The maximum Gasteiger partial charge on any atom is 0.410 e. The number of ether oxygens (including phenoxy) is 1. The third kappa shape index (κ3) is 7.43. The van der Waals surface area contributed by atoms with E-state index in [1.807, 2.05) is 45.0 Å². The Hall–Kier alpha value is -2.81. The Kier molecular flexibility index (Phi) is 7.22. The van der Waals surface area contributed by atoms with E-state index in [2.05, 4.69) is 15.3 Å². The van der Waals surface area contributed by atoms with Crippen LogP contribution in [0, 0.1) is 0 Å². The molecular formula is C19H31N7O2. The summed E-state index contributed by atoms with van der Waals surface area (Å²) >= 11 is 0. The largest absolute Gasteiger partial charge is 0.444 e. The molecule has 0 spiro atoms. The third-order valence-electron chi connectivity index (χ3n) is 4.09. The number of benzene rings is 1. The van der Waals surface area contributed by atoms with Crippen molar-refractivity contribution >= 4 is 23.7 Å². The first-order valence-corrected chi connectivity index (χ1v) is 9.36. The summed E-state index contributed by atoms with van der Waals surface area (Å²) in [4.78, 5) is 21.8. The van der Waals surface area contributed by atoms with Crippen LogP contribution in [0.5, 0.6) is 0 Å². The summed E-state index contributed by atoms with van der Waals surface area (Å²) in [5.74, 6) is -0.120. The lowest BCUT2D eigenvalue weighted by atomic mass is 10.1. The van der Waals surface area contributed by atoms with E-state index in [4.69, 9.17) is 21.9 Å². The zero-order valence-electron chi connectivity index (χ0n) is 16.8. The molecule has 1 fully saturated rings. The second kappa shape index (κ2) is 9.41. The van der Waals surface area contributed by atoms with Crippen molar-refractivity contribution in [2.24, 2.45) is 27.2 Å². The zero-order valence-corrected chi connectivity index (χ0v) is 16.8. The third-order valence-corrected chi connectivity index (χ3v) is 4.09. The van der Waals surface area contributed by atoms with E-state index in [1.54, 1.807) is 4.90 Å². The lowest BCUT2D eigenvalue weighted by Gasteiger charge is -2.34. The molecule has 0 aromatic heterocycles. The first-order chi connectivity index (χ1) is 13.1. The smallest absolute Gasteiger partial charge is 0.410 e. The lowest BCUT2D eigenvalue weighted by Crippen LogP contribution is -2.49. The van der Waals surface area contributed by atoms with Crippen LogP contribution in [0.15, 0.2) is 34.3 Å². The highest BCUT2D eigenvalue weighted by Crippen LogP contribution is 2.17. The molecule has 0 bridgehead atoms. The normalized spacial score (nSPS) is 17.9. The summed E-state index contributed by atoms with van der Waals surface area (Å²) in [5.41, 5.74) is 17.4. The highest BCUT2D eigenvalue weighted by atomic mass is 16.6. The fourth-order valence-corrected chi connectivity index (χ4v) is 2.88. The minimum Gasteiger partial charge on any atom is -0.444 e. The molecule has 2 rings (SSSR count). The molecule has 0 saturated carbocycles. The SMILES string of the molecule is CC(C)(C)OC(=O)N1CCCC(NCc2ccc(N=C(N)N=C(N)N)cc2)C1. The van der Waals surface area contributed by atoms with Crippen LogP contribution in [0.4, 0.5) is 10.5 Å². The highest BCUT2D eigenvalue weighted by molar-refractivity contribution is 5.93. The van der Waals surface area contributed by atoms with Crippen LogP contribution in [0.3, 0.4) is 0 Å². The van der Waals surface area contributed by atoms with Gasteiger partial charge in [0.1, 0.15) is 5.60 Å². The van der Waals surface area contributed by atoms with Crippen LogP contribution in [0.2, 0.25) is 0 Å². The number of likely N-dealkylation sites (tertiary alicyclic amines) is 1. The van der Waals surface area contributed by atoms with Crippen molar-refractivity contribution in [2.45, 2.75) is 51.8 Å². The van der Waals surface area contributed by atoms with Crippen LogP contribution >= 0.6 is 0 Å². The quantitative estimate of drug-likeness (QED) is 0.452.